The van der Waals surface area contributed by atoms with Crippen molar-refractivity contribution in [1.29, 1.82) is 0 Å². The molecule has 10 heteroatoms. The lowest BCUT2D eigenvalue weighted by Gasteiger charge is -2.31. The molecule has 34 heavy (non-hydrogen) atoms. The van der Waals surface area contributed by atoms with E-state index in [9.17, 15) is 14.7 Å². The molecule has 0 unspecified atom stereocenters. The predicted molar refractivity (Wildman–Crippen MR) is 126 cm³/mol. The summed E-state index contributed by atoms with van der Waals surface area (Å²) in [6, 6.07) is 12.9. The SMILES string of the molecule is Cn1ccc(NC(=O)c2cccc(O[C@](C)(CO)Oc3ccc(C(=O)N4CCC4)cc3Cl)c2)n1. The highest BCUT2D eigenvalue weighted by molar-refractivity contribution is 6.32. The Morgan fingerprint density at radius 2 is 1.94 bits per heavy atom. The van der Waals surface area contributed by atoms with Gasteiger partial charge in [0.1, 0.15) is 18.1 Å². The smallest absolute Gasteiger partial charge is 0.271 e. The molecule has 0 bridgehead atoms. The minimum Gasteiger partial charge on any atom is -0.450 e. The lowest BCUT2D eigenvalue weighted by atomic mass is 10.1. The summed E-state index contributed by atoms with van der Waals surface area (Å²) in [4.78, 5) is 26.7. The van der Waals surface area contributed by atoms with Crippen molar-refractivity contribution in [2.45, 2.75) is 19.1 Å². The summed E-state index contributed by atoms with van der Waals surface area (Å²) in [6.45, 7) is 2.53. The first-order valence-corrected chi connectivity index (χ1v) is 11.1. The fourth-order valence-corrected chi connectivity index (χ4v) is 3.58. The number of benzene rings is 2. The number of rotatable bonds is 8. The van der Waals surface area contributed by atoms with Crippen LogP contribution in [0, 0.1) is 0 Å². The number of aliphatic hydroxyl groups excluding tert-OH is 1. The number of aromatic nitrogens is 2. The van der Waals surface area contributed by atoms with Crippen molar-refractivity contribution in [3.63, 3.8) is 0 Å². The van der Waals surface area contributed by atoms with E-state index in [-0.39, 0.29) is 22.6 Å². The summed E-state index contributed by atoms with van der Waals surface area (Å²) >= 11 is 6.36. The second kappa shape index (κ2) is 9.74. The summed E-state index contributed by atoms with van der Waals surface area (Å²) in [5.41, 5.74) is 0.811. The summed E-state index contributed by atoms with van der Waals surface area (Å²) < 4.78 is 13.4. The van der Waals surface area contributed by atoms with Crippen LogP contribution in [0.4, 0.5) is 5.82 Å². The van der Waals surface area contributed by atoms with E-state index < -0.39 is 12.4 Å². The molecule has 3 aromatic rings. The highest BCUT2D eigenvalue weighted by atomic mass is 35.5. The molecule has 1 atom stereocenters. The highest BCUT2D eigenvalue weighted by Gasteiger charge is 2.30. The van der Waals surface area contributed by atoms with Crippen molar-refractivity contribution in [2.75, 3.05) is 25.0 Å². The van der Waals surface area contributed by atoms with Crippen LogP contribution in [0.2, 0.25) is 5.02 Å². The Balaban J connectivity index is 1.46. The zero-order chi connectivity index (χ0) is 24.3. The minimum atomic E-state index is -1.50. The van der Waals surface area contributed by atoms with Crippen LogP contribution < -0.4 is 14.8 Å². The number of anilines is 1. The van der Waals surface area contributed by atoms with Crippen LogP contribution in [-0.2, 0) is 7.05 Å². The Labute approximate surface area is 201 Å². The summed E-state index contributed by atoms with van der Waals surface area (Å²) in [6.07, 6.45) is 2.72. The molecule has 0 saturated carbocycles. The van der Waals surface area contributed by atoms with Crippen LogP contribution in [0.1, 0.15) is 34.1 Å². The molecule has 9 nitrogen and oxygen atoms in total. The van der Waals surface area contributed by atoms with Crippen molar-refractivity contribution in [2.24, 2.45) is 7.05 Å². The molecule has 178 valence electrons. The molecule has 2 amide bonds. The monoisotopic (exact) mass is 484 g/mol. The van der Waals surface area contributed by atoms with E-state index in [4.69, 9.17) is 21.1 Å². The Kier molecular flexibility index (Phi) is 6.76. The third kappa shape index (κ3) is 5.32. The normalized spacial score (nSPS) is 14.6. The van der Waals surface area contributed by atoms with E-state index in [2.05, 4.69) is 10.4 Å². The number of likely N-dealkylation sites (tertiary alicyclic amines) is 1. The van der Waals surface area contributed by atoms with Gasteiger partial charge in [0.15, 0.2) is 5.82 Å². The number of hydrogen-bond acceptors (Lipinski definition) is 6. The number of carbonyl (C=O) groups excluding carboxylic acids is 2. The zero-order valence-corrected chi connectivity index (χ0v) is 19.6. The van der Waals surface area contributed by atoms with E-state index in [1.54, 1.807) is 66.1 Å². The maximum Gasteiger partial charge on any atom is 0.271 e. The molecule has 1 aliphatic heterocycles. The third-order valence-corrected chi connectivity index (χ3v) is 5.62. The molecular formula is C24H25ClN4O5. The van der Waals surface area contributed by atoms with Crippen LogP contribution >= 0.6 is 11.6 Å². The van der Waals surface area contributed by atoms with Gasteiger partial charge in [0.2, 0.25) is 0 Å². The van der Waals surface area contributed by atoms with Gasteiger partial charge in [0, 0.05) is 50.5 Å². The van der Waals surface area contributed by atoms with Gasteiger partial charge in [-0.2, -0.15) is 5.10 Å². The van der Waals surface area contributed by atoms with Crippen molar-refractivity contribution in [1.82, 2.24) is 14.7 Å². The molecule has 1 aromatic heterocycles. The van der Waals surface area contributed by atoms with Crippen molar-refractivity contribution >= 4 is 29.2 Å². The van der Waals surface area contributed by atoms with E-state index in [1.165, 1.54) is 12.1 Å². The number of nitrogens with zero attached hydrogens (tertiary/aromatic N) is 3. The number of ether oxygens (including phenoxy) is 2. The number of hydrogen-bond donors (Lipinski definition) is 2. The average Bonchev–Trinajstić information content (AvgIpc) is 3.18. The number of aryl methyl sites for hydroxylation is 1. The van der Waals surface area contributed by atoms with E-state index in [1.807, 2.05) is 0 Å². The molecule has 0 spiro atoms. The Bertz CT molecular complexity index is 1210. The van der Waals surface area contributed by atoms with Gasteiger partial charge in [-0.1, -0.05) is 17.7 Å². The molecule has 2 N–H and O–H groups in total. The maximum atomic E-state index is 12.6. The van der Waals surface area contributed by atoms with Gasteiger partial charge in [0.25, 0.3) is 17.6 Å². The molecule has 1 aliphatic rings. The number of aliphatic hydroxyl groups is 1. The quantitative estimate of drug-likeness (QED) is 0.475. The molecule has 0 aliphatic carbocycles. The molecule has 4 rings (SSSR count). The largest absolute Gasteiger partial charge is 0.450 e. The van der Waals surface area contributed by atoms with E-state index >= 15 is 0 Å². The fourth-order valence-electron chi connectivity index (χ4n) is 3.36. The Morgan fingerprint density at radius 3 is 2.56 bits per heavy atom. The summed E-state index contributed by atoms with van der Waals surface area (Å²) in [5, 5.41) is 17.0. The lowest BCUT2D eigenvalue weighted by Crippen LogP contribution is -2.43. The molecule has 2 aromatic carbocycles. The number of amides is 2. The molecule has 2 heterocycles. The number of halogens is 1. The van der Waals surface area contributed by atoms with Crippen LogP contribution in [0.25, 0.3) is 0 Å². The first-order chi connectivity index (χ1) is 16.3. The summed E-state index contributed by atoms with van der Waals surface area (Å²) in [7, 11) is 1.75. The summed E-state index contributed by atoms with van der Waals surface area (Å²) in [5.74, 6) is -0.952. The van der Waals surface area contributed by atoms with Crippen LogP contribution in [-0.4, -0.2) is 57.1 Å². The third-order valence-electron chi connectivity index (χ3n) is 5.32. The molecule has 0 radical (unpaired) electrons. The topological polar surface area (TPSA) is 106 Å². The maximum absolute atomic E-state index is 12.6. The zero-order valence-electron chi connectivity index (χ0n) is 18.8. The Morgan fingerprint density at radius 1 is 1.15 bits per heavy atom. The standard InChI is InChI=1S/C24H25ClN4O5/c1-24(15-30,34-20-8-7-17(14-19(20)25)23(32)29-10-4-11-29)33-18-6-3-5-16(13-18)22(31)26-21-9-12-28(2)27-21/h3,5-9,12-14,30H,4,10-11,15H2,1-2H3,(H,26,27,31)/t24-/m0/s1. The van der Waals surface area contributed by atoms with E-state index in [0.717, 1.165) is 19.5 Å². The second-order valence-corrected chi connectivity index (χ2v) is 8.55. The average molecular weight is 485 g/mol. The minimum absolute atomic E-state index is 0.0818. The molecular weight excluding hydrogens is 460 g/mol. The van der Waals surface area contributed by atoms with Gasteiger partial charge in [-0.25, -0.2) is 0 Å². The van der Waals surface area contributed by atoms with Gasteiger partial charge in [-0.05, 0) is 42.8 Å². The highest BCUT2D eigenvalue weighted by Crippen LogP contribution is 2.31. The Hall–Kier alpha value is -3.56. The van der Waals surface area contributed by atoms with Gasteiger partial charge in [-0.3, -0.25) is 14.3 Å². The number of nitrogens with one attached hydrogen (secondary N) is 1. The fraction of sp³-hybridized carbons (Fsp3) is 0.292. The first-order valence-electron chi connectivity index (χ1n) is 10.7. The lowest BCUT2D eigenvalue weighted by molar-refractivity contribution is -0.129. The second-order valence-electron chi connectivity index (χ2n) is 8.14. The predicted octanol–water partition coefficient (Wildman–Crippen LogP) is 3.34. The van der Waals surface area contributed by atoms with E-state index in [0.29, 0.717) is 22.7 Å². The number of carbonyl (C=O) groups is 2. The van der Waals surface area contributed by atoms with Crippen molar-refractivity contribution in [3.8, 4) is 11.5 Å². The van der Waals surface area contributed by atoms with Crippen LogP contribution in [0.3, 0.4) is 0 Å². The van der Waals surface area contributed by atoms with Crippen molar-refractivity contribution < 1.29 is 24.2 Å². The van der Waals surface area contributed by atoms with Gasteiger partial charge in [-0.15, -0.1) is 0 Å². The van der Waals surface area contributed by atoms with Gasteiger partial charge < -0.3 is 24.8 Å². The van der Waals surface area contributed by atoms with Gasteiger partial charge >= 0.3 is 0 Å². The first kappa shape index (κ1) is 23.6. The van der Waals surface area contributed by atoms with Crippen LogP contribution in [0.5, 0.6) is 11.5 Å². The van der Waals surface area contributed by atoms with Crippen molar-refractivity contribution in [3.05, 3.63) is 70.9 Å². The van der Waals surface area contributed by atoms with Gasteiger partial charge in [0.05, 0.1) is 5.02 Å². The molecule has 1 fully saturated rings. The molecule has 1 saturated heterocycles. The van der Waals surface area contributed by atoms with Crippen LogP contribution in [0.15, 0.2) is 54.7 Å².